The smallest absolute Gasteiger partial charge is 0.308 e. The van der Waals surface area contributed by atoms with Crippen LogP contribution in [0.2, 0.25) is 0 Å². The van der Waals surface area contributed by atoms with E-state index in [0.29, 0.717) is 6.61 Å². The maximum atomic E-state index is 11.9. The molecule has 0 saturated heterocycles. The minimum atomic E-state index is -0.00912. The minimum Gasteiger partial charge on any atom is -0.465 e. The summed E-state index contributed by atoms with van der Waals surface area (Å²) in [5.41, 5.74) is 0. The van der Waals surface area contributed by atoms with Crippen LogP contribution >= 0.6 is 0 Å². The highest BCUT2D eigenvalue weighted by molar-refractivity contribution is 5.72. The van der Waals surface area contributed by atoms with E-state index in [0.717, 1.165) is 44.9 Å². The normalized spacial score (nSPS) is 12.3. The van der Waals surface area contributed by atoms with Gasteiger partial charge in [-0.05, 0) is 32.1 Å². The molecule has 0 rings (SSSR count). The number of carbonyl (C=O) groups is 1. The molecule has 0 fully saturated rings. The number of rotatable bonds is 14. The quantitative estimate of drug-likeness (QED) is 0.378. The van der Waals surface area contributed by atoms with Crippen molar-refractivity contribution < 1.29 is 14.6 Å². The highest BCUT2D eigenvalue weighted by Crippen LogP contribution is 2.16. The molecule has 0 amide bonds. The summed E-state index contributed by atoms with van der Waals surface area (Å²) in [4.78, 5) is 11.9. The predicted molar refractivity (Wildman–Crippen MR) is 83.7 cm³/mol. The lowest BCUT2D eigenvalue weighted by Crippen LogP contribution is -2.17. The monoisotopic (exact) mass is 286 g/mol. The van der Waals surface area contributed by atoms with Gasteiger partial charge in [0.1, 0.15) is 0 Å². The molecule has 3 heteroatoms. The van der Waals surface area contributed by atoms with E-state index in [-0.39, 0.29) is 18.5 Å². The molecule has 120 valence electrons. The Kier molecular flexibility index (Phi) is 14.4. The second-order valence-corrected chi connectivity index (χ2v) is 5.61. The highest BCUT2D eigenvalue weighted by Gasteiger charge is 2.17. The first-order valence-electron chi connectivity index (χ1n) is 8.53. The summed E-state index contributed by atoms with van der Waals surface area (Å²) in [5, 5.41) is 8.67. The number of esters is 1. The van der Waals surface area contributed by atoms with Crippen LogP contribution in [-0.4, -0.2) is 24.3 Å². The van der Waals surface area contributed by atoms with Gasteiger partial charge in [0.2, 0.25) is 0 Å². The highest BCUT2D eigenvalue weighted by atomic mass is 16.5. The Morgan fingerprint density at radius 2 is 1.60 bits per heavy atom. The van der Waals surface area contributed by atoms with Crippen molar-refractivity contribution in [1.29, 1.82) is 0 Å². The first-order valence-corrected chi connectivity index (χ1v) is 8.53. The summed E-state index contributed by atoms with van der Waals surface area (Å²) < 4.78 is 5.35. The van der Waals surface area contributed by atoms with Crippen LogP contribution < -0.4 is 0 Å². The molecule has 0 bridgehead atoms. The van der Waals surface area contributed by atoms with Crippen molar-refractivity contribution in [3.8, 4) is 0 Å². The number of ether oxygens (including phenoxy) is 1. The first-order chi connectivity index (χ1) is 9.76. The largest absolute Gasteiger partial charge is 0.465 e. The molecule has 0 heterocycles. The maximum Gasteiger partial charge on any atom is 0.308 e. The van der Waals surface area contributed by atoms with Gasteiger partial charge in [0.25, 0.3) is 0 Å². The number of unbranched alkanes of at least 4 members (excludes halogenated alkanes) is 7. The first kappa shape index (κ1) is 19.4. The molecule has 1 N–H and O–H groups in total. The molecule has 0 aliphatic heterocycles. The fourth-order valence-corrected chi connectivity index (χ4v) is 2.34. The van der Waals surface area contributed by atoms with Crippen molar-refractivity contribution >= 4 is 5.97 Å². The topological polar surface area (TPSA) is 46.5 Å². The average molecular weight is 286 g/mol. The van der Waals surface area contributed by atoms with E-state index in [9.17, 15) is 4.79 Å². The molecule has 0 radical (unpaired) electrons. The summed E-state index contributed by atoms with van der Waals surface area (Å²) in [6.07, 6.45) is 11.9. The molecule has 0 spiro atoms. The minimum absolute atomic E-state index is 0.00912. The van der Waals surface area contributed by atoms with Crippen LogP contribution in [0.5, 0.6) is 0 Å². The maximum absolute atomic E-state index is 11.9. The van der Waals surface area contributed by atoms with Gasteiger partial charge in [0.05, 0.1) is 12.5 Å². The summed E-state index contributed by atoms with van der Waals surface area (Å²) in [7, 11) is 0. The molecule has 0 aliphatic rings. The van der Waals surface area contributed by atoms with Crippen molar-refractivity contribution in [2.75, 3.05) is 13.2 Å². The molecule has 0 aromatic rings. The van der Waals surface area contributed by atoms with Gasteiger partial charge >= 0.3 is 5.97 Å². The Morgan fingerprint density at radius 3 is 2.25 bits per heavy atom. The van der Waals surface area contributed by atoms with E-state index in [1.54, 1.807) is 0 Å². The van der Waals surface area contributed by atoms with Crippen LogP contribution in [0.15, 0.2) is 0 Å². The second-order valence-electron chi connectivity index (χ2n) is 5.61. The van der Waals surface area contributed by atoms with Crippen LogP contribution in [0, 0.1) is 5.92 Å². The zero-order valence-electron chi connectivity index (χ0n) is 13.5. The number of hydrogen-bond donors (Lipinski definition) is 1. The SMILES string of the molecule is CCCCCCCC(CC)C(=O)OCCCCCCO. The van der Waals surface area contributed by atoms with Crippen LogP contribution in [0.1, 0.15) is 84.5 Å². The Bertz CT molecular complexity index is 216. The molecule has 0 aromatic carbocycles. The van der Waals surface area contributed by atoms with E-state index in [1.807, 2.05) is 0 Å². The lowest BCUT2D eigenvalue weighted by molar-refractivity contribution is -0.149. The summed E-state index contributed by atoms with van der Waals surface area (Å²) >= 11 is 0. The fraction of sp³-hybridized carbons (Fsp3) is 0.941. The van der Waals surface area contributed by atoms with E-state index in [1.165, 1.54) is 25.7 Å². The van der Waals surface area contributed by atoms with Gasteiger partial charge in [-0.2, -0.15) is 0 Å². The van der Waals surface area contributed by atoms with E-state index in [4.69, 9.17) is 9.84 Å². The third kappa shape index (κ3) is 11.3. The van der Waals surface area contributed by atoms with Crippen LogP contribution in [-0.2, 0) is 9.53 Å². The predicted octanol–water partition coefficient (Wildman–Crippen LogP) is 4.47. The Balaban J connectivity index is 3.58. The van der Waals surface area contributed by atoms with Gasteiger partial charge < -0.3 is 9.84 Å². The number of hydrogen-bond acceptors (Lipinski definition) is 3. The van der Waals surface area contributed by atoms with Crippen molar-refractivity contribution in [2.45, 2.75) is 84.5 Å². The zero-order chi connectivity index (χ0) is 15.1. The lowest BCUT2D eigenvalue weighted by atomic mass is 9.98. The molecular formula is C17H34O3. The average Bonchev–Trinajstić information content (AvgIpc) is 2.46. The number of aliphatic hydroxyl groups is 1. The van der Waals surface area contributed by atoms with Crippen molar-refractivity contribution in [3.63, 3.8) is 0 Å². The molecule has 20 heavy (non-hydrogen) atoms. The molecule has 1 atom stereocenters. The van der Waals surface area contributed by atoms with E-state index >= 15 is 0 Å². The van der Waals surface area contributed by atoms with Crippen molar-refractivity contribution in [3.05, 3.63) is 0 Å². The summed E-state index contributed by atoms with van der Waals surface area (Å²) in [5.74, 6) is 0.0826. The number of carbonyl (C=O) groups excluding carboxylic acids is 1. The summed E-state index contributed by atoms with van der Waals surface area (Å²) in [6.45, 7) is 5.08. The fourth-order valence-electron chi connectivity index (χ4n) is 2.34. The van der Waals surface area contributed by atoms with Gasteiger partial charge in [0.15, 0.2) is 0 Å². The molecule has 1 unspecified atom stereocenters. The lowest BCUT2D eigenvalue weighted by Gasteiger charge is -2.14. The number of aliphatic hydroxyl groups excluding tert-OH is 1. The third-order valence-corrected chi connectivity index (χ3v) is 3.78. The van der Waals surface area contributed by atoms with Crippen LogP contribution in [0.3, 0.4) is 0 Å². The van der Waals surface area contributed by atoms with Crippen LogP contribution in [0.25, 0.3) is 0 Å². The van der Waals surface area contributed by atoms with Gasteiger partial charge in [-0.15, -0.1) is 0 Å². The molecule has 3 nitrogen and oxygen atoms in total. The molecular weight excluding hydrogens is 252 g/mol. The Morgan fingerprint density at radius 1 is 0.950 bits per heavy atom. The molecule has 0 saturated carbocycles. The third-order valence-electron chi connectivity index (χ3n) is 3.78. The van der Waals surface area contributed by atoms with Gasteiger partial charge in [-0.1, -0.05) is 52.4 Å². The van der Waals surface area contributed by atoms with E-state index in [2.05, 4.69) is 13.8 Å². The molecule has 0 aliphatic carbocycles. The Hall–Kier alpha value is -0.570. The van der Waals surface area contributed by atoms with Gasteiger partial charge in [0, 0.05) is 6.61 Å². The van der Waals surface area contributed by atoms with Gasteiger partial charge in [-0.25, -0.2) is 0 Å². The van der Waals surface area contributed by atoms with Gasteiger partial charge in [-0.3, -0.25) is 4.79 Å². The van der Waals surface area contributed by atoms with Crippen molar-refractivity contribution in [1.82, 2.24) is 0 Å². The van der Waals surface area contributed by atoms with Crippen molar-refractivity contribution in [2.24, 2.45) is 5.92 Å². The molecule has 0 aromatic heterocycles. The second kappa shape index (κ2) is 14.8. The zero-order valence-corrected chi connectivity index (χ0v) is 13.5. The Labute approximate surface area is 125 Å². The summed E-state index contributed by atoms with van der Waals surface area (Å²) in [6, 6.07) is 0. The van der Waals surface area contributed by atoms with Crippen LogP contribution in [0.4, 0.5) is 0 Å². The van der Waals surface area contributed by atoms with E-state index < -0.39 is 0 Å². The standard InChI is InChI=1S/C17H34O3/c1-3-5-6-7-10-13-16(4-2)17(19)20-15-12-9-8-11-14-18/h16,18H,3-15H2,1-2H3.